The molecule has 6 heteroatoms. The molecule has 0 fully saturated rings. The first kappa shape index (κ1) is 19.5. The zero-order valence-corrected chi connectivity index (χ0v) is 15.5. The molecule has 5 nitrogen and oxygen atoms in total. The van der Waals surface area contributed by atoms with Gasteiger partial charge in [-0.15, -0.1) is 0 Å². The number of nitrogens with zero attached hydrogens (tertiary/aromatic N) is 1. The molecule has 0 aliphatic carbocycles. The third-order valence-corrected chi connectivity index (χ3v) is 5.08. The number of carbonyl (C=O) groups excluding carboxylic acids is 1. The number of carbonyl (C=O) groups is 1. The highest BCUT2D eigenvalue weighted by molar-refractivity contribution is 7.92. The summed E-state index contributed by atoms with van der Waals surface area (Å²) in [6, 6.07) is 4.72. The Balaban J connectivity index is 3.18. The molecule has 0 bridgehead atoms. The molecule has 0 aliphatic heterocycles. The van der Waals surface area contributed by atoms with Crippen molar-refractivity contribution in [1.82, 2.24) is 5.32 Å². The SMILES string of the molecule is CCCCNC(=O)C(CC)N(c1ccc(C)c(C)c1)S(C)(=O)=O. The number of hydrogen-bond acceptors (Lipinski definition) is 3. The van der Waals surface area contributed by atoms with Crippen LogP contribution in [0.5, 0.6) is 0 Å². The van der Waals surface area contributed by atoms with Crippen molar-refractivity contribution in [2.75, 3.05) is 17.1 Å². The van der Waals surface area contributed by atoms with Crippen LogP contribution in [0.25, 0.3) is 0 Å². The van der Waals surface area contributed by atoms with Crippen LogP contribution in [-0.2, 0) is 14.8 Å². The monoisotopic (exact) mass is 340 g/mol. The molecule has 130 valence electrons. The minimum absolute atomic E-state index is 0.246. The summed E-state index contributed by atoms with van der Waals surface area (Å²) >= 11 is 0. The first-order chi connectivity index (χ1) is 10.7. The summed E-state index contributed by atoms with van der Waals surface area (Å²) in [5.41, 5.74) is 2.62. The lowest BCUT2D eigenvalue weighted by Crippen LogP contribution is -2.49. The van der Waals surface area contributed by atoms with E-state index in [1.165, 1.54) is 4.31 Å². The largest absolute Gasteiger partial charge is 0.354 e. The minimum atomic E-state index is -3.56. The maximum absolute atomic E-state index is 12.4. The summed E-state index contributed by atoms with van der Waals surface area (Å²) in [6.45, 7) is 8.33. The standard InChI is InChI=1S/C17H28N2O3S/c1-6-8-11-18-17(20)16(7-2)19(23(5,21)22)15-10-9-13(3)14(4)12-15/h9-10,12,16H,6-8,11H2,1-5H3,(H,18,20). The quantitative estimate of drug-likeness (QED) is 0.740. The van der Waals surface area contributed by atoms with Crippen molar-refractivity contribution in [2.24, 2.45) is 0 Å². The normalized spacial score (nSPS) is 12.7. The number of anilines is 1. The van der Waals surface area contributed by atoms with E-state index in [1.807, 2.05) is 39.8 Å². The highest BCUT2D eigenvalue weighted by Crippen LogP contribution is 2.25. The van der Waals surface area contributed by atoms with Crippen LogP contribution in [0.3, 0.4) is 0 Å². The fourth-order valence-electron chi connectivity index (χ4n) is 2.43. The lowest BCUT2D eigenvalue weighted by Gasteiger charge is -2.30. The van der Waals surface area contributed by atoms with Crippen LogP contribution >= 0.6 is 0 Å². The molecular formula is C17H28N2O3S. The molecule has 1 rings (SSSR count). The number of aryl methyl sites for hydroxylation is 2. The number of sulfonamides is 1. The molecule has 1 N–H and O–H groups in total. The van der Waals surface area contributed by atoms with Gasteiger partial charge in [-0.1, -0.05) is 26.3 Å². The zero-order valence-electron chi connectivity index (χ0n) is 14.7. The highest BCUT2D eigenvalue weighted by Gasteiger charge is 2.31. The lowest BCUT2D eigenvalue weighted by molar-refractivity contribution is -0.122. The van der Waals surface area contributed by atoms with Gasteiger partial charge in [0.05, 0.1) is 11.9 Å². The van der Waals surface area contributed by atoms with Crippen LogP contribution < -0.4 is 9.62 Å². The summed E-state index contributed by atoms with van der Waals surface area (Å²) in [4.78, 5) is 12.4. The maximum Gasteiger partial charge on any atom is 0.243 e. The molecule has 0 aromatic heterocycles. The van der Waals surface area contributed by atoms with Crippen molar-refractivity contribution in [1.29, 1.82) is 0 Å². The van der Waals surface area contributed by atoms with E-state index in [-0.39, 0.29) is 5.91 Å². The summed E-state index contributed by atoms with van der Waals surface area (Å²) < 4.78 is 25.9. The summed E-state index contributed by atoms with van der Waals surface area (Å²) in [5, 5.41) is 2.84. The minimum Gasteiger partial charge on any atom is -0.354 e. The van der Waals surface area contributed by atoms with E-state index in [0.29, 0.717) is 18.7 Å². The summed E-state index contributed by atoms with van der Waals surface area (Å²) in [6.07, 6.45) is 3.41. The number of amides is 1. The second-order valence-corrected chi connectivity index (χ2v) is 7.76. The molecule has 1 atom stereocenters. The maximum atomic E-state index is 12.4. The van der Waals surface area contributed by atoms with E-state index < -0.39 is 16.1 Å². The van der Waals surface area contributed by atoms with Crippen molar-refractivity contribution >= 4 is 21.6 Å². The van der Waals surface area contributed by atoms with Crippen molar-refractivity contribution in [3.05, 3.63) is 29.3 Å². The molecule has 0 saturated heterocycles. The first-order valence-corrected chi connectivity index (χ1v) is 9.91. The molecule has 0 spiro atoms. The first-order valence-electron chi connectivity index (χ1n) is 8.06. The molecule has 1 aromatic rings. The third-order valence-electron chi connectivity index (χ3n) is 3.90. The Labute approximate surface area is 140 Å². The Bertz CT molecular complexity index is 641. The highest BCUT2D eigenvalue weighted by atomic mass is 32.2. The van der Waals surface area contributed by atoms with E-state index >= 15 is 0 Å². The van der Waals surface area contributed by atoms with Crippen molar-refractivity contribution in [3.63, 3.8) is 0 Å². The van der Waals surface area contributed by atoms with Crippen molar-refractivity contribution < 1.29 is 13.2 Å². The van der Waals surface area contributed by atoms with Gasteiger partial charge in [-0.3, -0.25) is 9.10 Å². The molecule has 1 amide bonds. The number of rotatable bonds is 8. The van der Waals surface area contributed by atoms with Crippen LogP contribution in [0.2, 0.25) is 0 Å². The van der Waals surface area contributed by atoms with E-state index in [0.717, 1.165) is 30.2 Å². The Morgan fingerprint density at radius 2 is 1.87 bits per heavy atom. The second-order valence-electron chi connectivity index (χ2n) is 5.90. The lowest BCUT2D eigenvalue weighted by atomic mass is 10.1. The van der Waals surface area contributed by atoms with E-state index in [4.69, 9.17) is 0 Å². The van der Waals surface area contributed by atoms with Gasteiger partial charge >= 0.3 is 0 Å². The van der Waals surface area contributed by atoms with Gasteiger partial charge < -0.3 is 5.32 Å². The Morgan fingerprint density at radius 1 is 1.22 bits per heavy atom. The average Bonchev–Trinajstić information content (AvgIpc) is 2.46. The summed E-state index contributed by atoms with van der Waals surface area (Å²) in [7, 11) is -3.56. The molecule has 0 saturated carbocycles. The fraction of sp³-hybridized carbons (Fsp3) is 0.588. The van der Waals surface area contributed by atoms with Gasteiger partial charge in [-0.25, -0.2) is 8.42 Å². The topological polar surface area (TPSA) is 66.5 Å². The van der Waals surface area contributed by atoms with Gasteiger partial charge in [-0.2, -0.15) is 0 Å². The smallest absolute Gasteiger partial charge is 0.243 e. The van der Waals surface area contributed by atoms with Gasteiger partial charge in [0.2, 0.25) is 15.9 Å². The van der Waals surface area contributed by atoms with Gasteiger partial charge in [-0.05, 0) is 49.9 Å². The van der Waals surface area contributed by atoms with E-state index in [9.17, 15) is 13.2 Å². The van der Waals surface area contributed by atoms with Crippen LogP contribution in [-0.4, -0.2) is 33.2 Å². The number of nitrogens with one attached hydrogen (secondary N) is 1. The molecule has 0 heterocycles. The van der Waals surface area contributed by atoms with Gasteiger partial charge in [0.1, 0.15) is 6.04 Å². The van der Waals surface area contributed by atoms with Gasteiger partial charge in [0.15, 0.2) is 0 Å². The van der Waals surface area contributed by atoms with Crippen LogP contribution in [0.4, 0.5) is 5.69 Å². The molecule has 23 heavy (non-hydrogen) atoms. The average molecular weight is 340 g/mol. The molecule has 1 aromatic carbocycles. The molecule has 1 unspecified atom stereocenters. The van der Waals surface area contributed by atoms with Crippen LogP contribution in [0, 0.1) is 13.8 Å². The fourth-order valence-corrected chi connectivity index (χ4v) is 3.63. The predicted molar refractivity (Wildman–Crippen MR) is 95.2 cm³/mol. The molecule has 0 radical (unpaired) electrons. The third kappa shape index (κ3) is 5.23. The van der Waals surface area contributed by atoms with E-state index in [1.54, 1.807) is 6.07 Å². The van der Waals surface area contributed by atoms with Crippen molar-refractivity contribution in [3.8, 4) is 0 Å². The number of benzene rings is 1. The Hall–Kier alpha value is -1.56. The number of unbranched alkanes of at least 4 members (excludes halogenated alkanes) is 1. The Kier molecular flexibility index (Phi) is 7.06. The number of hydrogen-bond donors (Lipinski definition) is 1. The molecular weight excluding hydrogens is 312 g/mol. The predicted octanol–water partition coefficient (Wildman–Crippen LogP) is 2.76. The Morgan fingerprint density at radius 3 is 2.35 bits per heavy atom. The van der Waals surface area contributed by atoms with Crippen LogP contribution in [0.15, 0.2) is 18.2 Å². The van der Waals surface area contributed by atoms with Crippen molar-refractivity contribution in [2.45, 2.75) is 53.0 Å². The van der Waals surface area contributed by atoms with Gasteiger partial charge in [0, 0.05) is 6.54 Å². The zero-order chi connectivity index (χ0) is 17.6. The van der Waals surface area contributed by atoms with Crippen LogP contribution in [0.1, 0.15) is 44.2 Å². The second kappa shape index (κ2) is 8.34. The van der Waals surface area contributed by atoms with Gasteiger partial charge in [0.25, 0.3) is 0 Å². The molecule has 0 aliphatic rings. The van der Waals surface area contributed by atoms with E-state index in [2.05, 4.69) is 5.32 Å². The summed E-state index contributed by atoms with van der Waals surface area (Å²) in [5.74, 6) is -0.246.